The van der Waals surface area contributed by atoms with Gasteiger partial charge in [0.2, 0.25) is 12.7 Å². The zero-order valence-electron chi connectivity index (χ0n) is 14.1. The average Bonchev–Trinajstić information content (AvgIpc) is 3.31. The van der Waals surface area contributed by atoms with Gasteiger partial charge in [0.1, 0.15) is 5.82 Å². The minimum Gasteiger partial charge on any atom is -0.454 e. The molecule has 0 radical (unpaired) electrons. The van der Waals surface area contributed by atoms with Gasteiger partial charge in [-0.05, 0) is 55.2 Å². The fraction of sp³-hybridized carbons (Fsp3) is 0.350. The first-order chi connectivity index (χ1) is 12.1. The van der Waals surface area contributed by atoms with E-state index in [4.69, 9.17) is 9.47 Å². The average molecular weight is 341 g/mol. The van der Waals surface area contributed by atoms with Crippen molar-refractivity contribution in [2.24, 2.45) is 0 Å². The lowest BCUT2D eigenvalue weighted by molar-refractivity contribution is -0.134. The molecule has 0 saturated heterocycles. The van der Waals surface area contributed by atoms with Gasteiger partial charge in [0.25, 0.3) is 0 Å². The molecule has 0 atom stereocenters. The van der Waals surface area contributed by atoms with Crippen molar-refractivity contribution < 1.29 is 18.7 Å². The summed E-state index contributed by atoms with van der Waals surface area (Å²) in [7, 11) is 0. The van der Waals surface area contributed by atoms with E-state index in [1.54, 1.807) is 12.1 Å². The minimum absolute atomic E-state index is 0.110. The van der Waals surface area contributed by atoms with Crippen LogP contribution in [0.2, 0.25) is 0 Å². The van der Waals surface area contributed by atoms with E-state index in [-0.39, 0.29) is 18.5 Å². The van der Waals surface area contributed by atoms with Crippen LogP contribution in [-0.2, 0) is 16.8 Å². The van der Waals surface area contributed by atoms with E-state index in [0.29, 0.717) is 13.1 Å². The van der Waals surface area contributed by atoms with Crippen molar-refractivity contribution in [1.29, 1.82) is 0 Å². The van der Waals surface area contributed by atoms with Crippen LogP contribution in [0, 0.1) is 5.82 Å². The Morgan fingerprint density at radius 2 is 1.84 bits per heavy atom. The molecule has 1 amide bonds. The summed E-state index contributed by atoms with van der Waals surface area (Å²) in [6, 6.07) is 12.1. The molecule has 25 heavy (non-hydrogen) atoms. The highest BCUT2D eigenvalue weighted by Crippen LogP contribution is 2.49. The minimum atomic E-state index is -0.486. The Kier molecular flexibility index (Phi) is 3.86. The molecule has 4 rings (SSSR count). The van der Waals surface area contributed by atoms with Crippen LogP contribution in [0.1, 0.15) is 30.9 Å². The maximum Gasteiger partial charge on any atom is 0.233 e. The number of carbonyl (C=O) groups is 1. The summed E-state index contributed by atoms with van der Waals surface area (Å²) in [6.07, 6.45) is 1.63. The lowest BCUT2D eigenvalue weighted by Crippen LogP contribution is -2.38. The SMILES string of the molecule is CCN(Cc1ccc2c(c1)OCO2)C(=O)C1(c2ccc(F)cc2)CC1. The van der Waals surface area contributed by atoms with Crippen LogP contribution < -0.4 is 9.47 Å². The van der Waals surface area contributed by atoms with Gasteiger partial charge in [-0.3, -0.25) is 4.79 Å². The van der Waals surface area contributed by atoms with E-state index >= 15 is 0 Å². The van der Waals surface area contributed by atoms with E-state index in [9.17, 15) is 9.18 Å². The number of hydrogen-bond donors (Lipinski definition) is 0. The summed E-state index contributed by atoms with van der Waals surface area (Å²) in [5.74, 6) is 1.29. The fourth-order valence-electron chi connectivity index (χ4n) is 3.41. The number of rotatable bonds is 5. The van der Waals surface area contributed by atoms with Gasteiger partial charge < -0.3 is 14.4 Å². The number of fused-ring (bicyclic) bond motifs is 1. The summed E-state index contributed by atoms with van der Waals surface area (Å²) in [5.41, 5.74) is 1.43. The second-order valence-electron chi connectivity index (χ2n) is 6.60. The largest absolute Gasteiger partial charge is 0.454 e. The van der Waals surface area contributed by atoms with E-state index < -0.39 is 5.41 Å². The zero-order valence-corrected chi connectivity index (χ0v) is 14.1. The summed E-state index contributed by atoms with van der Waals surface area (Å²) < 4.78 is 23.9. The predicted molar refractivity (Wildman–Crippen MR) is 91.0 cm³/mol. The summed E-state index contributed by atoms with van der Waals surface area (Å²) in [4.78, 5) is 15.0. The lowest BCUT2D eigenvalue weighted by Gasteiger charge is -2.27. The molecular formula is C20H20FNO3. The molecule has 2 aliphatic rings. The monoisotopic (exact) mass is 341 g/mol. The molecule has 1 saturated carbocycles. The third kappa shape index (κ3) is 2.84. The van der Waals surface area contributed by atoms with Crippen LogP contribution in [0.25, 0.3) is 0 Å². The zero-order chi connectivity index (χ0) is 17.4. The molecule has 0 aromatic heterocycles. The van der Waals surface area contributed by atoms with Crippen LogP contribution >= 0.6 is 0 Å². The Labute approximate surface area is 146 Å². The number of hydrogen-bond acceptors (Lipinski definition) is 3. The predicted octanol–water partition coefficient (Wildman–Crippen LogP) is 3.63. The molecule has 5 heteroatoms. The molecule has 1 fully saturated rings. The normalized spacial score (nSPS) is 16.6. The Morgan fingerprint density at radius 1 is 1.12 bits per heavy atom. The molecule has 1 aliphatic carbocycles. The number of amides is 1. The second-order valence-corrected chi connectivity index (χ2v) is 6.60. The molecule has 0 N–H and O–H groups in total. The second kappa shape index (κ2) is 6.06. The first-order valence-electron chi connectivity index (χ1n) is 8.56. The van der Waals surface area contributed by atoms with Crippen molar-refractivity contribution >= 4 is 5.91 Å². The first-order valence-corrected chi connectivity index (χ1v) is 8.56. The van der Waals surface area contributed by atoms with E-state index in [0.717, 1.165) is 35.5 Å². The standard InChI is InChI=1S/C20H20FNO3/c1-2-22(12-14-3-8-17-18(11-14)25-13-24-17)19(23)20(9-10-20)15-4-6-16(21)7-5-15/h3-8,11H,2,9-10,12-13H2,1H3. The van der Waals surface area contributed by atoms with Gasteiger partial charge >= 0.3 is 0 Å². The Morgan fingerprint density at radius 3 is 2.52 bits per heavy atom. The van der Waals surface area contributed by atoms with Gasteiger partial charge in [0.05, 0.1) is 5.41 Å². The van der Waals surface area contributed by atoms with Gasteiger partial charge in [-0.25, -0.2) is 4.39 Å². The van der Waals surface area contributed by atoms with E-state index in [1.807, 2.05) is 30.0 Å². The van der Waals surface area contributed by atoms with Gasteiger partial charge in [0.15, 0.2) is 11.5 Å². The van der Waals surface area contributed by atoms with Crippen LogP contribution in [0.4, 0.5) is 4.39 Å². The Bertz CT molecular complexity index is 799. The van der Waals surface area contributed by atoms with Crippen molar-refractivity contribution in [2.75, 3.05) is 13.3 Å². The van der Waals surface area contributed by atoms with E-state index in [1.165, 1.54) is 12.1 Å². The van der Waals surface area contributed by atoms with Gasteiger partial charge in [-0.15, -0.1) is 0 Å². The van der Waals surface area contributed by atoms with Crippen molar-refractivity contribution in [3.8, 4) is 11.5 Å². The molecule has 0 unspecified atom stereocenters. The molecule has 0 spiro atoms. The van der Waals surface area contributed by atoms with Crippen LogP contribution in [0.3, 0.4) is 0 Å². The van der Waals surface area contributed by atoms with Gasteiger partial charge in [-0.2, -0.15) is 0 Å². The van der Waals surface area contributed by atoms with E-state index in [2.05, 4.69) is 0 Å². The third-order valence-electron chi connectivity index (χ3n) is 5.04. The molecule has 0 bridgehead atoms. The maximum atomic E-state index is 13.2. The molecule has 1 heterocycles. The summed E-state index contributed by atoms with van der Waals surface area (Å²) >= 11 is 0. The number of benzene rings is 2. The number of ether oxygens (including phenoxy) is 2. The highest BCUT2D eigenvalue weighted by molar-refractivity contribution is 5.91. The number of likely N-dealkylation sites (N-methyl/N-ethyl adjacent to an activating group) is 1. The molecule has 1 aliphatic heterocycles. The van der Waals surface area contributed by atoms with Gasteiger partial charge in [-0.1, -0.05) is 18.2 Å². The number of nitrogens with zero attached hydrogens (tertiary/aromatic N) is 1. The maximum absolute atomic E-state index is 13.2. The Hall–Kier alpha value is -2.56. The van der Waals surface area contributed by atoms with Crippen LogP contribution in [0.5, 0.6) is 11.5 Å². The van der Waals surface area contributed by atoms with Crippen molar-refractivity contribution in [3.63, 3.8) is 0 Å². The third-order valence-corrected chi connectivity index (χ3v) is 5.04. The fourth-order valence-corrected chi connectivity index (χ4v) is 3.41. The van der Waals surface area contributed by atoms with Gasteiger partial charge in [0, 0.05) is 13.1 Å². The van der Waals surface area contributed by atoms with Crippen molar-refractivity contribution in [2.45, 2.75) is 31.7 Å². The molecule has 2 aromatic rings. The van der Waals surface area contributed by atoms with Crippen LogP contribution in [-0.4, -0.2) is 24.1 Å². The highest BCUT2D eigenvalue weighted by atomic mass is 19.1. The first kappa shape index (κ1) is 15.9. The molecular weight excluding hydrogens is 321 g/mol. The Balaban J connectivity index is 1.54. The lowest BCUT2D eigenvalue weighted by atomic mass is 9.94. The highest BCUT2D eigenvalue weighted by Gasteiger charge is 2.52. The van der Waals surface area contributed by atoms with Crippen LogP contribution in [0.15, 0.2) is 42.5 Å². The quantitative estimate of drug-likeness (QED) is 0.833. The smallest absolute Gasteiger partial charge is 0.233 e. The number of halogens is 1. The van der Waals surface area contributed by atoms with Crippen molar-refractivity contribution in [3.05, 3.63) is 59.4 Å². The topological polar surface area (TPSA) is 38.8 Å². The molecule has 4 nitrogen and oxygen atoms in total. The summed E-state index contributed by atoms with van der Waals surface area (Å²) in [6.45, 7) is 3.36. The van der Waals surface area contributed by atoms with Crippen molar-refractivity contribution in [1.82, 2.24) is 4.90 Å². The summed E-state index contributed by atoms with van der Waals surface area (Å²) in [5, 5.41) is 0. The molecule has 130 valence electrons. The number of carbonyl (C=O) groups excluding carboxylic acids is 1. The molecule has 2 aromatic carbocycles.